The largest absolute Gasteiger partial charge is 0.461 e. The number of carbonyl (C=O) groups is 2. The van der Waals surface area contributed by atoms with Crippen LogP contribution in [-0.4, -0.2) is 35.1 Å². The van der Waals surface area contributed by atoms with Gasteiger partial charge in [0.15, 0.2) is 11.4 Å². The summed E-state index contributed by atoms with van der Waals surface area (Å²) in [6.07, 6.45) is 3.24. The molecular formula is C28H26Cl2N2O4S2. The van der Waals surface area contributed by atoms with Gasteiger partial charge in [0.1, 0.15) is 10.0 Å². The third-order valence-electron chi connectivity index (χ3n) is 5.45. The fourth-order valence-corrected chi connectivity index (χ4v) is 6.08. The number of halogens is 2. The molecule has 0 atom stereocenters. The van der Waals surface area contributed by atoms with Crippen molar-refractivity contribution in [1.29, 1.82) is 0 Å². The molecule has 2 aromatic heterocycles. The number of benzene rings is 2. The first-order valence-electron chi connectivity index (χ1n) is 12.3. The molecule has 0 unspecified atom stereocenters. The van der Waals surface area contributed by atoms with Crippen molar-refractivity contribution in [2.75, 3.05) is 13.2 Å². The topological polar surface area (TPSA) is 78.4 Å². The molecule has 0 saturated heterocycles. The maximum absolute atomic E-state index is 13.2. The smallest absolute Gasteiger partial charge is 0.358 e. The van der Waals surface area contributed by atoms with Crippen molar-refractivity contribution in [1.82, 2.24) is 9.97 Å². The lowest BCUT2D eigenvalue weighted by molar-refractivity contribution is 0.0483. The van der Waals surface area contributed by atoms with Gasteiger partial charge in [0.2, 0.25) is 0 Å². The zero-order valence-electron chi connectivity index (χ0n) is 21.0. The van der Waals surface area contributed by atoms with E-state index in [0.29, 0.717) is 29.8 Å². The summed E-state index contributed by atoms with van der Waals surface area (Å²) in [5.41, 5.74) is 1.76. The zero-order chi connectivity index (χ0) is 27.1. The number of nitrogens with zero attached hydrogens (tertiary/aromatic N) is 2. The highest BCUT2D eigenvalue weighted by molar-refractivity contribution is 7.25. The van der Waals surface area contributed by atoms with Gasteiger partial charge in [-0.1, -0.05) is 74.2 Å². The predicted molar refractivity (Wildman–Crippen MR) is 154 cm³/mol. The van der Waals surface area contributed by atoms with Gasteiger partial charge in [0, 0.05) is 21.2 Å². The van der Waals surface area contributed by atoms with Crippen LogP contribution < -0.4 is 0 Å². The van der Waals surface area contributed by atoms with E-state index in [1.54, 1.807) is 24.3 Å². The van der Waals surface area contributed by atoms with E-state index in [1.807, 2.05) is 38.1 Å². The van der Waals surface area contributed by atoms with E-state index in [1.165, 1.54) is 22.7 Å². The second-order valence-corrected chi connectivity index (χ2v) is 11.3. The average molecular weight is 590 g/mol. The molecule has 0 N–H and O–H groups in total. The van der Waals surface area contributed by atoms with Crippen molar-refractivity contribution < 1.29 is 19.1 Å². The van der Waals surface area contributed by atoms with E-state index < -0.39 is 11.9 Å². The molecule has 2 aromatic carbocycles. The molecule has 0 fully saturated rings. The van der Waals surface area contributed by atoms with Gasteiger partial charge >= 0.3 is 11.9 Å². The molecule has 6 nitrogen and oxygen atoms in total. The van der Waals surface area contributed by atoms with E-state index >= 15 is 0 Å². The molecule has 2 heterocycles. The molecule has 0 bridgehead atoms. The Morgan fingerprint density at radius 1 is 0.737 bits per heavy atom. The summed E-state index contributed by atoms with van der Waals surface area (Å²) < 4.78 is 11.0. The monoisotopic (exact) mass is 588 g/mol. The molecule has 0 spiro atoms. The Morgan fingerprint density at radius 2 is 1.16 bits per heavy atom. The Hall–Kier alpha value is -2.78. The number of unbranched alkanes of at least 4 members (excludes halogenated alkanes) is 2. The van der Waals surface area contributed by atoms with Crippen LogP contribution in [0.25, 0.3) is 30.9 Å². The fraction of sp³-hybridized carbons (Fsp3) is 0.286. The summed E-state index contributed by atoms with van der Waals surface area (Å²) in [5, 5.41) is 2.25. The van der Waals surface area contributed by atoms with Crippen molar-refractivity contribution in [3.8, 4) is 30.9 Å². The number of hydrogen-bond acceptors (Lipinski definition) is 8. The molecule has 4 aromatic rings. The van der Waals surface area contributed by atoms with Gasteiger partial charge in [-0.3, -0.25) is 0 Å². The second kappa shape index (κ2) is 13.3. The van der Waals surface area contributed by atoms with Gasteiger partial charge in [-0.25, -0.2) is 19.6 Å². The van der Waals surface area contributed by atoms with Gasteiger partial charge in [0.05, 0.1) is 23.0 Å². The molecular weight excluding hydrogens is 563 g/mol. The van der Waals surface area contributed by atoms with Gasteiger partial charge < -0.3 is 9.47 Å². The van der Waals surface area contributed by atoms with Crippen LogP contribution in [-0.2, 0) is 9.47 Å². The van der Waals surface area contributed by atoms with Crippen LogP contribution >= 0.6 is 45.9 Å². The van der Waals surface area contributed by atoms with Crippen LogP contribution in [0.15, 0.2) is 48.5 Å². The Morgan fingerprint density at radius 3 is 1.53 bits per heavy atom. The van der Waals surface area contributed by atoms with Crippen molar-refractivity contribution >= 4 is 57.8 Å². The van der Waals surface area contributed by atoms with Crippen molar-refractivity contribution in [3.05, 3.63) is 70.0 Å². The molecule has 0 radical (unpaired) electrons. The number of hydrogen-bond donors (Lipinski definition) is 0. The molecule has 4 rings (SSSR count). The Labute approximate surface area is 239 Å². The van der Waals surface area contributed by atoms with Gasteiger partial charge in [-0.15, -0.1) is 22.7 Å². The first-order chi connectivity index (χ1) is 18.4. The number of thiazole rings is 2. The molecule has 0 saturated carbocycles. The highest BCUT2D eigenvalue weighted by Crippen LogP contribution is 2.43. The SMILES string of the molecule is CCCCOC(=O)c1nc(-c2cccc(Cl)c2)sc1-c1sc(-c2cccc(Cl)c2)nc1C(=O)OCCCC. The Kier molecular flexibility index (Phi) is 9.91. The molecule has 0 aliphatic heterocycles. The number of carbonyl (C=O) groups excluding carboxylic acids is 2. The van der Waals surface area contributed by atoms with Crippen LogP contribution in [0.1, 0.15) is 60.5 Å². The van der Waals surface area contributed by atoms with Crippen LogP contribution in [0, 0.1) is 0 Å². The Balaban J connectivity index is 1.85. The normalized spacial score (nSPS) is 10.9. The fourth-order valence-electron chi connectivity index (χ4n) is 3.47. The molecule has 38 heavy (non-hydrogen) atoms. The summed E-state index contributed by atoms with van der Waals surface area (Å²) >= 11 is 15.0. The minimum absolute atomic E-state index is 0.130. The first kappa shape index (κ1) is 28.2. The minimum atomic E-state index is -0.555. The molecule has 0 aliphatic rings. The lowest BCUT2D eigenvalue weighted by atomic mass is 10.2. The van der Waals surface area contributed by atoms with Crippen LogP contribution in [0.2, 0.25) is 10.0 Å². The summed E-state index contributed by atoms with van der Waals surface area (Å²) in [6.45, 7) is 4.59. The van der Waals surface area contributed by atoms with E-state index in [2.05, 4.69) is 9.97 Å². The molecule has 10 heteroatoms. The van der Waals surface area contributed by atoms with Gasteiger partial charge in [-0.2, -0.15) is 0 Å². The van der Waals surface area contributed by atoms with Crippen molar-refractivity contribution in [2.24, 2.45) is 0 Å². The van der Waals surface area contributed by atoms with E-state index in [0.717, 1.165) is 36.8 Å². The van der Waals surface area contributed by atoms with Crippen molar-refractivity contribution in [3.63, 3.8) is 0 Å². The minimum Gasteiger partial charge on any atom is -0.461 e. The van der Waals surface area contributed by atoms with Gasteiger partial charge in [0.25, 0.3) is 0 Å². The molecule has 198 valence electrons. The number of aromatic nitrogens is 2. The lowest BCUT2D eigenvalue weighted by Crippen LogP contribution is -2.10. The van der Waals surface area contributed by atoms with E-state index in [-0.39, 0.29) is 24.6 Å². The highest BCUT2D eigenvalue weighted by atomic mass is 35.5. The number of esters is 2. The van der Waals surface area contributed by atoms with Gasteiger partial charge in [-0.05, 0) is 37.1 Å². The Bertz CT molecular complexity index is 1330. The molecule has 0 amide bonds. The predicted octanol–water partition coefficient (Wildman–Crippen LogP) is 8.82. The summed E-state index contributed by atoms with van der Waals surface area (Å²) in [4.78, 5) is 36.6. The maximum Gasteiger partial charge on any atom is 0.358 e. The van der Waals surface area contributed by atoms with Crippen LogP contribution in [0.5, 0.6) is 0 Å². The standard InChI is InChI=1S/C28H26Cl2N2O4S2/c1-3-5-13-35-27(33)21-23(37-25(31-21)17-9-7-11-19(29)15-17)24-22(28(34)36-14-6-4-2)32-26(38-24)18-10-8-12-20(30)16-18/h7-12,15-16H,3-6,13-14H2,1-2H3. The first-order valence-corrected chi connectivity index (χ1v) is 14.7. The zero-order valence-corrected chi connectivity index (χ0v) is 24.1. The third kappa shape index (κ3) is 6.80. The summed E-state index contributed by atoms with van der Waals surface area (Å²) in [6, 6.07) is 14.5. The van der Waals surface area contributed by atoms with E-state index in [4.69, 9.17) is 32.7 Å². The lowest BCUT2D eigenvalue weighted by Gasteiger charge is -2.05. The summed E-state index contributed by atoms with van der Waals surface area (Å²) in [5.74, 6) is -1.11. The molecule has 0 aliphatic carbocycles. The maximum atomic E-state index is 13.2. The van der Waals surface area contributed by atoms with Crippen LogP contribution in [0.3, 0.4) is 0 Å². The number of ether oxygens (including phenoxy) is 2. The summed E-state index contributed by atoms with van der Waals surface area (Å²) in [7, 11) is 0. The average Bonchev–Trinajstić information content (AvgIpc) is 3.54. The van der Waals surface area contributed by atoms with Crippen LogP contribution in [0.4, 0.5) is 0 Å². The second-order valence-electron chi connectivity index (χ2n) is 8.39. The highest BCUT2D eigenvalue weighted by Gasteiger charge is 2.29. The van der Waals surface area contributed by atoms with E-state index in [9.17, 15) is 9.59 Å². The van der Waals surface area contributed by atoms with Crippen molar-refractivity contribution in [2.45, 2.75) is 39.5 Å². The number of rotatable bonds is 11. The third-order valence-corrected chi connectivity index (χ3v) is 8.30. The quantitative estimate of drug-likeness (QED) is 0.129.